The lowest BCUT2D eigenvalue weighted by Crippen LogP contribution is -2.23. The van der Waals surface area contributed by atoms with E-state index in [-0.39, 0.29) is 5.91 Å². The lowest BCUT2D eigenvalue weighted by atomic mass is 10.1. The van der Waals surface area contributed by atoms with E-state index in [1.54, 1.807) is 0 Å². The molecule has 108 valence electrons. The second kappa shape index (κ2) is 14.5. The molecule has 0 rings (SSSR count). The van der Waals surface area contributed by atoms with Gasteiger partial charge in [-0.1, -0.05) is 51.9 Å². The van der Waals surface area contributed by atoms with Crippen LogP contribution < -0.4 is 11.1 Å². The van der Waals surface area contributed by atoms with Crippen molar-refractivity contribution in [3.63, 3.8) is 0 Å². The number of unbranched alkanes of at least 4 members (excludes halogenated alkanes) is 8. The highest BCUT2D eigenvalue weighted by Gasteiger charge is 1.99. The Morgan fingerprint density at radius 1 is 0.889 bits per heavy atom. The number of amides is 1. The molecule has 0 saturated heterocycles. The van der Waals surface area contributed by atoms with Crippen LogP contribution in [-0.4, -0.2) is 19.0 Å². The molecule has 0 aliphatic carbocycles. The van der Waals surface area contributed by atoms with Gasteiger partial charge < -0.3 is 11.1 Å². The third-order valence-corrected chi connectivity index (χ3v) is 3.21. The van der Waals surface area contributed by atoms with E-state index in [1.807, 2.05) is 0 Å². The van der Waals surface area contributed by atoms with Crippen LogP contribution in [-0.2, 0) is 4.79 Å². The molecule has 3 heteroatoms. The van der Waals surface area contributed by atoms with Crippen molar-refractivity contribution in [2.75, 3.05) is 13.1 Å². The Hall–Kier alpha value is -0.570. The molecule has 0 unspecified atom stereocenters. The van der Waals surface area contributed by atoms with Crippen molar-refractivity contribution in [2.24, 2.45) is 5.73 Å². The summed E-state index contributed by atoms with van der Waals surface area (Å²) in [5.74, 6) is 0.228. The van der Waals surface area contributed by atoms with Gasteiger partial charge in [-0.25, -0.2) is 0 Å². The highest BCUT2D eigenvalue weighted by molar-refractivity contribution is 5.75. The third kappa shape index (κ3) is 13.5. The van der Waals surface area contributed by atoms with Crippen molar-refractivity contribution < 1.29 is 4.79 Å². The van der Waals surface area contributed by atoms with Crippen molar-refractivity contribution in [3.05, 3.63) is 0 Å². The Labute approximate surface area is 113 Å². The molecule has 1 amide bonds. The Morgan fingerprint density at radius 2 is 1.44 bits per heavy atom. The van der Waals surface area contributed by atoms with Crippen molar-refractivity contribution in [3.8, 4) is 0 Å². The first-order chi connectivity index (χ1) is 8.81. The second-order valence-corrected chi connectivity index (χ2v) is 5.07. The second-order valence-electron chi connectivity index (χ2n) is 5.07. The summed E-state index contributed by atoms with van der Waals surface area (Å²) >= 11 is 0. The minimum Gasteiger partial charge on any atom is -0.356 e. The molecule has 0 aromatic rings. The number of nitrogens with one attached hydrogen (secondary N) is 1. The topological polar surface area (TPSA) is 55.1 Å². The Kier molecular flexibility index (Phi) is 14.0. The highest BCUT2D eigenvalue weighted by atomic mass is 16.1. The van der Waals surface area contributed by atoms with Crippen LogP contribution in [0.25, 0.3) is 0 Å². The smallest absolute Gasteiger partial charge is 0.219 e. The van der Waals surface area contributed by atoms with Crippen LogP contribution in [0.15, 0.2) is 0 Å². The summed E-state index contributed by atoms with van der Waals surface area (Å²) in [6, 6.07) is 0. The van der Waals surface area contributed by atoms with Gasteiger partial charge in [0.15, 0.2) is 0 Å². The van der Waals surface area contributed by atoms with E-state index < -0.39 is 0 Å². The molecule has 0 fully saturated rings. The van der Waals surface area contributed by atoms with Gasteiger partial charge in [-0.2, -0.15) is 0 Å². The van der Waals surface area contributed by atoms with Gasteiger partial charge in [0.1, 0.15) is 0 Å². The first kappa shape index (κ1) is 17.4. The maximum absolute atomic E-state index is 11.4. The van der Waals surface area contributed by atoms with E-state index in [2.05, 4.69) is 12.2 Å². The molecule has 0 bridgehead atoms. The number of hydrogen-bond acceptors (Lipinski definition) is 2. The largest absolute Gasteiger partial charge is 0.356 e. The zero-order valence-corrected chi connectivity index (χ0v) is 12.2. The average Bonchev–Trinajstić information content (AvgIpc) is 2.37. The molecule has 3 N–H and O–H groups in total. The SMILES string of the molecule is CCCCNC(=O)CCCCCCCCCCN. The summed E-state index contributed by atoms with van der Waals surface area (Å²) in [6.07, 6.45) is 12.8. The van der Waals surface area contributed by atoms with Crippen LogP contribution in [0.4, 0.5) is 0 Å². The van der Waals surface area contributed by atoms with Crippen LogP contribution in [0, 0.1) is 0 Å². The van der Waals surface area contributed by atoms with Crippen molar-refractivity contribution in [2.45, 2.75) is 77.6 Å². The molecule has 0 radical (unpaired) electrons. The van der Waals surface area contributed by atoms with Gasteiger partial charge >= 0.3 is 0 Å². The molecule has 0 aromatic carbocycles. The Balaban J connectivity index is 3.08. The molecule has 0 aromatic heterocycles. The lowest BCUT2D eigenvalue weighted by Gasteiger charge is -2.04. The Morgan fingerprint density at radius 3 is 2.00 bits per heavy atom. The molecule has 0 spiro atoms. The monoisotopic (exact) mass is 256 g/mol. The molecule has 0 atom stereocenters. The first-order valence-electron chi connectivity index (χ1n) is 7.78. The fourth-order valence-electron chi connectivity index (χ4n) is 1.98. The van der Waals surface area contributed by atoms with Crippen LogP contribution in [0.1, 0.15) is 77.6 Å². The first-order valence-corrected chi connectivity index (χ1v) is 7.78. The third-order valence-electron chi connectivity index (χ3n) is 3.21. The predicted octanol–water partition coefficient (Wildman–Crippen LogP) is 3.37. The standard InChI is InChI=1S/C15H32N2O/c1-2-3-14-17-15(18)12-10-8-6-4-5-7-9-11-13-16/h2-14,16H2,1H3,(H,17,18). The predicted molar refractivity (Wildman–Crippen MR) is 78.5 cm³/mol. The molecular weight excluding hydrogens is 224 g/mol. The quantitative estimate of drug-likeness (QED) is 0.496. The van der Waals surface area contributed by atoms with Gasteiger partial charge in [-0.15, -0.1) is 0 Å². The zero-order chi connectivity index (χ0) is 13.5. The number of carbonyl (C=O) groups excluding carboxylic acids is 1. The van der Waals surface area contributed by atoms with Crippen LogP contribution in [0.5, 0.6) is 0 Å². The van der Waals surface area contributed by atoms with Gasteiger partial charge in [-0.05, 0) is 25.8 Å². The number of rotatable bonds is 13. The molecule has 0 aliphatic heterocycles. The minimum atomic E-state index is 0.228. The number of nitrogens with two attached hydrogens (primary N) is 1. The average molecular weight is 256 g/mol. The van der Waals surface area contributed by atoms with Crippen molar-refractivity contribution >= 4 is 5.91 Å². The molecule has 3 nitrogen and oxygen atoms in total. The molecule has 0 aliphatic rings. The minimum absolute atomic E-state index is 0.228. The summed E-state index contributed by atoms with van der Waals surface area (Å²) in [5.41, 5.74) is 5.44. The maximum atomic E-state index is 11.4. The van der Waals surface area contributed by atoms with Crippen molar-refractivity contribution in [1.29, 1.82) is 0 Å². The normalized spacial score (nSPS) is 10.6. The summed E-state index contributed by atoms with van der Waals surface area (Å²) in [7, 11) is 0. The Bertz CT molecular complexity index is 183. The molecule has 18 heavy (non-hydrogen) atoms. The maximum Gasteiger partial charge on any atom is 0.219 e. The van der Waals surface area contributed by atoms with Crippen LogP contribution in [0.2, 0.25) is 0 Å². The van der Waals surface area contributed by atoms with Gasteiger partial charge in [-0.3, -0.25) is 4.79 Å². The van der Waals surface area contributed by atoms with E-state index in [0.717, 1.165) is 38.8 Å². The zero-order valence-electron chi connectivity index (χ0n) is 12.2. The van der Waals surface area contributed by atoms with Gasteiger partial charge in [0.05, 0.1) is 0 Å². The fraction of sp³-hybridized carbons (Fsp3) is 0.933. The van der Waals surface area contributed by atoms with E-state index in [1.165, 1.54) is 38.5 Å². The molecule has 0 saturated carbocycles. The van der Waals surface area contributed by atoms with E-state index in [4.69, 9.17) is 5.73 Å². The molecule has 0 heterocycles. The summed E-state index contributed by atoms with van der Waals surface area (Å²) < 4.78 is 0. The number of carbonyl (C=O) groups is 1. The van der Waals surface area contributed by atoms with E-state index >= 15 is 0 Å². The fourth-order valence-corrected chi connectivity index (χ4v) is 1.98. The lowest BCUT2D eigenvalue weighted by molar-refractivity contribution is -0.121. The van der Waals surface area contributed by atoms with E-state index in [0.29, 0.717) is 6.42 Å². The summed E-state index contributed by atoms with van der Waals surface area (Å²) in [5, 5.41) is 2.96. The highest BCUT2D eigenvalue weighted by Crippen LogP contribution is 2.09. The van der Waals surface area contributed by atoms with Gasteiger partial charge in [0.2, 0.25) is 5.91 Å². The van der Waals surface area contributed by atoms with Gasteiger partial charge in [0.25, 0.3) is 0 Å². The summed E-state index contributed by atoms with van der Waals surface area (Å²) in [4.78, 5) is 11.4. The number of hydrogen-bond donors (Lipinski definition) is 2. The van der Waals surface area contributed by atoms with E-state index in [9.17, 15) is 4.79 Å². The van der Waals surface area contributed by atoms with Crippen LogP contribution >= 0.6 is 0 Å². The summed E-state index contributed by atoms with van der Waals surface area (Å²) in [6.45, 7) is 3.81. The molecular formula is C15H32N2O. The van der Waals surface area contributed by atoms with Gasteiger partial charge in [0, 0.05) is 13.0 Å². The van der Waals surface area contributed by atoms with Crippen molar-refractivity contribution in [1.82, 2.24) is 5.32 Å². The van der Waals surface area contributed by atoms with Crippen LogP contribution in [0.3, 0.4) is 0 Å².